The third-order valence-electron chi connectivity index (χ3n) is 5.43. The highest BCUT2D eigenvalue weighted by Gasteiger charge is 2.36. The monoisotopic (exact) mass is 355 g/mol. The Labute approximate surface area is 153 Å². The summed E-state index contributed by atoms with van der Waals surface area (Å²) < 4.78 is 0. The van der Waals surface area contributed by atoms with Gasteiger partial charge in [-0.05, 0) is 68.4 Å². The Morgan fingerprint density at radius 1 is 1.15 bits per heavy atom. The molecule has 0 heterocycles. The van der Waals surface area contributed by atoms with Crippen LogP contribution in [0, 0.1) is 12.8 Å². The van der Waals surface area contributed by atoms with Crippen LogP contribution in [-0.4, -0.2) is 27.5 Å². The van der Waals surface area contributed by atoms with Gasteiger partial charge in [0.05, 0.1) is 5.60 Å². The van der Waals surface area contributed by atoms with Gasteiger partial charge in [0.1, 0.15) is 0 Å². The van der Waals surface area contributed by atoms with Gasteiger partial charge >= 0.3 is 0 Å². The van der Waals surface area contributed by atoms with Gasteiger partial charge in [0, 0.05) is 17.8 Å². The molecule has 2 atom stereocenters. The number of aryl methyl sites for hydroxylation is 1. The standard InChI is InChI=1S/C21H25NO4/c1-13-10-18(23)20(25)19(24)16-9-8-14(11-17(13)16)21(2,26)12-22-15-6-4-3-5-7-15/h3-7,10,14,22,26H,8-9,11-12H2,1-2H3,(H2,23,24,25). The first-order chi connectivity index (χ1) is 12.3. The predicted octanol–water partition coefficient (Wildman–Crippen LogP) is 2.73. The molecule has 4 N–H and O–H groups in total. The van der Waals surface area contributed by atoms with Crippen LogP contribution in [0.15, 0.2) is 41.2 Å². The minimum atomic E-state index is -0.952. The number of fused-ring (bicyclic) bond motifs is 1. The van der Waals surface area contributed by atoms with Crippen LogP contribution in [0.3, 0.4) is 0 Å². The number of benzene rings is 1. The zero-order valence-corrected chi connectivity index (χ0v) is 15.1. The first kappa shape index (κ1) is 18.3. The molecule has 2 aromatic rings. The summed E-state index contributed by atoms with van der Waals surface area (Å²) >= 11 is 0. The van der Waals surface area contributed by atoms with E-state index in [-0.39, 0.29) is 11.7 Å². The van der Waals surface area contributed by atoms with Crippen LogP contribution in [-0.2, 0) is 12.8 Å². The molecule has 0 spiro atoms. The highest BCUT2D eigenvalue weighted by Crippen LogP contribution is 2.39. The molecule has 5 heteroatoms. The molecule has 0 saturated heterocycles. The summed E-state index contributed by atoms with van der Waals surface area (Å²) in [5, 5.41) is 34.4. The van der Waals surface area contributed by atoms with E-state index in [1.54, 1.807) is 6.92 Å². The van der Waals surface area contributed by atoms with Crippen molar-refractivity contribution in [2.24, 2.45) is 5.92 Å². The average Bonchev–Trinajstić information content (AvgIpc) is 2.72. The third kappa shape index (κ3) is 3.53. The summed E-state index contributed by atoms with van der Waals surface area (Å²) in [4.78, 5) is 11.9. The van der Waals surface area contributed by atoms with Gasteiger partial charge in [0.2, 0.25) is 11.2 Å². The van der Waals surface area contributed by atoms with Gasteiger partial charge in [0.15, 0.2) is 5.75 Å². The Bertz CT molecular complexity index is 862. The van der Waals surface area contributed by atoms with Gasteiger partial charge in [-0.2, -0.15) is 0 Å². The Morgan fingerprint density at radius 3 is 2.54 bits per heavy atom. The van der Waals surface area contributed by atoms with Crippen molar-refractivity contribution in [3.63, 3.8) is 0 Å². The summed E-state index contributed by atoms with van der Waals surface area (Å²) in [6.45, 7) is 4.02. The van der Waals surface area contributed by atoms with Crippen LogP contribution in [0.5, 0.6) is 11.5 Å². The molecule has 0 radical (unpaired) electrons. The van der Waals surface area contributed by atoms with Crippen molar-refractivity contribution in [3.05, 3.63) is 63.3 Å². The maximum Gasteiger partial charge on any atom is 0.224 e. The lowest BCUT2D eigenvalue weighted by atomic mass is 9.74. The average molecular weight is 355 g/mol. The van der Waals surface area contributed by atoms with Crippen molar-refractivity contribution in [1.29, 1.82) is 0 Å². The number of hydrogen-bond donors (Lipinski definition) is 4. The fraction of sp³-hybridized carbons (Fsp3) is 0.381. The number of rotatable bonds is 4. The Hall–Kier alpha value is -2.53. The summed E-state index contributed by atoms with van der Waals surface area (Å²) in [6, 6.07) is 11.1. The molecule has 26 heavy (non-hydrogen) atoms. The lowest BCUT2D eigenvalue weighted by Gasteiger charge is -2.37. The minimum absolute atomic E-state index is 0.0241. The van der Waals surface area contributed by atoms with Crippen molar-refractivity contribution in [1.82, 2.24) is 0 Å². The van der Waals surface area contributed by atoms with Gasteiger partial charge in [-0.1, -0.05) is 18.2 Å². The predicted molar refractivity (Wildman–Crippen MR) is 102 cm³/mol. The Balaban J connectivity index is 1.84. The van der Waals surface area contributed by atoms with E-state index in [0.717, 1.165) is 16.8 Å². The van der Waals surface area contributed by atoms with Crippen LogP contribution >= 0.6 is 0 Å². The van der Waals surface area contributed by atoms with Crippen molar-refractivity contribution in [2.75, 3.05) is 11.9 Å². The van der Waals surface area contributed by atoms with E-state index in [4.69, 9.17) is 0 Å². The second kappa shape index (κ2) is 7.00. The van der Waals surface area contributed by atoms with E-state index in [1.807, 2.05) is 37.3 Å². The largest absolute Gasteiger partial charge is 0.504 e. The highest BCUT2D eigenvalue weighted by molar-refractivity contribution is 5.51. The van der Waals surface area contributed by atoms with Crippen molar-refractivity contribution in [3.8, 4) is 11.5 Å². The molecule has 3 rings (SSSR count). The fourth-order valence-corrected chi connectivity index (χ4v) is 3.73. The Morgan fingerprint density at radius 2 is 1.85 bits per heavy atom. The molecule has 1 aliphatic carbocycles. The molecule has 2 aromatic carbocycles. The van der Waals surface area contributed by atoms with Gasteiger partial charge in [-0.3, -0.25) is 4.79 Å². The van der Waals surface area contributed by atoms with E-state index >= 15 is 0 Å². The number of hydrogen-bond acceptors (Lipinski definition) is 5. The van der Waals surface area contributed by atoms with Crippen LogP contribution in [0.25, 0.3) is 0 Å². The number of aromatic hydroxyl groups is 2. The molecular weight excluding hydrogens is 330 g/mol. The molecule has 1 aliphatic rings. The second-order valence-corrected chi connectivity index (χ2v) is 7.36. The quantitative estimate of drug-likeness (QED) is 0.677. The SMILES string of the molecule is Cc1cc(=O)c(O)c(O)c2c1CC(C(C)(O)CNc1ccccc1)CC2. The molecular formula is C21H25NO4. The van der Waals surface area contributed by atoms with E-state index in [1.165, 1.54) is 6.07 Å². The summed E-state index contributed by atoms with van der Waals surface area (Å²) in [7, 11) is 0. The Kier molecular flexibility index (Phi) is 4.92. The lowest BCUT2D eigenvalue weighted by molar-refractivity contribution is 0.00527. The first-order valence-electron chi connectivity index (χ1n) is 8.88. The molecule has 138 valence electrons. The molecule has 0 saturated carbocycles. The van der Waals surface area contributed by atoms with Crippen LogP contribution in [0.4, 0.5) is 5.69 Å². The number of aliphatic hydroxyl groups is 1. The zero-order valence-electron chi connectivity index (χ0n) is 15.1. The smallest absolute Gasteiger partial charge is 0.224 e. The maximum absolute atomic E-state index is 11.9. The second-order valence-electron chi connectivity index (χ2n) is 7.36. The van der Waals surface area contributed by atoms with E-state index in [2.05, 4.69) is 5.32 Å². The van der Waals surface area contributed by atoms with Gasteiger partial charge < -0.3 is 20.6 Å². The molecule has 2 unspecified atom stereocenters. The van der Waals surface area contributed by atoms with E-state index < -0.39 is 16.8 Å². The molecule has 0 amide bonds. The summed E-state index contributed by atoms with van der Waals surface area (Å²) in [5.41, 5.74) is 1.61. The van der Waals surface area contributed by atoms with E-state index in [9.17, 15) is 20.1 Å². The molecule has 0 aliphatic heterocycles. The van der Waals surface area contributed by atoms with Crippen molar-refractivity contribution < 1.29 is 15.3 Å². The lowest BCUT2D eigenvalue weighted by Crippen LogP contribution is -2.44. The van der Waals surface area contributed by atoms with Gasteiger partial charge in [-0.15, -0.1) is 0 Å². The van der Waals surface area contributed by atoms with Crippen LogP contribution in [0.2, 0.25) is 0 Å². The first-order valence-corrected chi connectivity index (χ1v) is 8.88. The summed E-state index contributed by atoms with van der Waals surface area (Å²) in [6.07, 6.45) is 1.72. The van der Waals surface area contributed by atoms with Crippen molar-refractivity contribution >= 4 is 5.69 Å². The van der Waals surface area contributed by atoms with Gasteiger partial charge in [0.25, 0.3) is 0 Å². The molecule has 0 bridgehead atoms. The van der Waals surface area contributed by atoms with Crippen LogP contribution < -0.4 is 10.7 Å². The molecule has 0 aromatic heterocycles. The topological polar surface area (TPSA) is 89.8 Å². The molecule has 5 nitrogen and oxygen atoms in total. The van der Waals surface area contributed by atoms with Crippen molar-refractivity contribution in [2.45, 2.75) is 38.7 Å². The van der Waals surface area contributed by atoms with Gasteiger partial charge in [-0.25, -0.2) is 0 Å². The van der Waals surface area contributed by atoms with Crippen LogP contribution in [0.1, 0.15) is 30.0 Å². The zero-order chi connectivity index (χ0) is 18.9. The number of anilines is 1. The fourth-order valence-electron chi connectivity index (χ4n) is 3.73. The summed E-state index contributed by atoms with van der Waals surface area (Å²) in [5.74, 6) is -0.937. The highest BCUT2D eigenvalue weighted by atomic mass is 16.3. The third-order valence-corrected chi connectivity index (χ3v) is 5.43. The number of para-hydroxylation sites is 1. The maximum atomic E-state index is 11.9. The number of nitrogens with one attached hydrogen (secondary N) is 1. The van der Waals surface area contributed by atoms with E-state index in [0.29, 0.717) is 31.4 Å². The minimum Gasteiger partial charge on any atom is -0.504 e. The molecule has 0 fully saturated rings. The normalized spacial score (nSPS) is 18.7.